The van der Waals surface area contributed by atoms with Crippen molar-refractivity contribution in [3.8, 4) is 0 Å². The Morgan fingerprint density at radius 3 is 2.44 bits per heavy atom. The van der Waals surface area contributed by atoms with Gasteiger partial charge in [0.15, 0.2) is 0 Å². The molecule has 6 nitrogen and oxygen atoms in total. The van der Waals surface area contributed by atoms with Crippen molar-refractivity contribution in [3.63, 3.8) is 0 Å². The first-order valence-electron chi connectivity index (χ1n) is 5.18. The second-order valence-electron chi connectivity index (χ2n) is 3.89. The van der Waals surface area contributed by atoms with Crippen LogP contribution in [-0.2, 0) is 19.2 Å². The van der Waals surface area contributed by atoms with Gasteiger partial charge in [0.2, 0.25) is 0 Å². The molecule has 0 aromatic carbocycles. The van der Waals surface area contributed by atoms with Gasteiger partial charge in [-0.2, -0.15) is 0 Å². The van der Waals surface area contributed by atoms with E-state index in [4.69, 9.17) is 4.84 Å². The van der Waals surface area contributed by atoms with Gasteiger partial charge in [-0.05, 0) is 12.8 Å². The lowest BCUT2D eigenvalue weighted by Gasteiger charge is -2.19. The molecule has 2 amide bonds. The number of hydrogen-bond donors (Lipinski definition) is 0. The number of nitrogens with zero attached hydrogens (tertiary/aromatic N) is 2. The summed E-state index contributed by atoms with van der Waals surface area (Å²) in [5, 5.41) is 0.596. The lowest BCUT2D eigenvalue weighted by atomic mass is 10.2. The molecule has 2 aliphatic heterocycles. The van der Waals surface area contributed by atoms with Crippen LogP contribution < -0.4 is 0 Å². The quantitative estimate of drug-likeness (QED) is 0.499. The van der Waals surface area contributed by atoms with Gasteiger partial charge >= 0.3 is 5.97 Å². The van der Waals surface area contributed by atoms with Crippen molar-refractivity contribution in [3.05, 3.63) is 0 Å². The van der Waals surface area contributed by atoms with Crippen LogP contribution in [0.15, 0.2) is 0 Å². The first kappa shape index (κ1) is 11.5. The zero-order valence-corrected chi connectivity index (χ0v) is 9.87. The third kappa shape index (κ3) is 2.08. The molecular weight excluding hydrogens is 231 g/mol. The summed E-state index contributed by atoms with van der Waals surface area (Å²) in [6.07, 6.45) is 1.85. The molecule has 2 saturated heterocycles. The predicted molar refractivity (Wildman–Crippen MR) is 56.6 cm³/mol. The Balaban J connectivity index is 1.96. The molecule has 7 heteroatoms. The topological polar surface area (TPSA) is 66.9 Å². The molecular formula is C9H13N2O4P. The maximum absolute atomic E-state index is 11.7. The van der Waals surface area contributed by atoms with Crippen molar-refractivity contribution in [2.75, 3.05) is 6.54 Å². The van der Waals surface area contributed by atoms with E-state index in [1.165, 1.54) is 0 Å². The summed E-state index contributed by atoms with van der Waals surface area (Å²) in [7, 11) is 2.45. The van der Waals surface area contributed by atoms with E-state index in [0.29, 0.717) is 11.5 Å². The second-order valence-corrected chi connectivity index (χ2v) is 4.55. The Morgan fingerprint density at radius 1 is 1.31 bits per heavy atom. The SMILES string of the molecule is O=C(ON1C(=O)CCC1=O)[C@@H]1CCCN1P. The zero-order valence-electron chi connectivity index (χ0n) is 8.72. The van der Waals surface area contributed by atoms with Gasteiger partial charge in [-0.15, -0.1) is 5.06 Å². The molecule has 2 atom stereocenters. The van der Waals surface area contributed by atoms with E-state index >= 15 is 0 Å². The smallest absolute Gasteiger partial charge is 0.329 e. The molecule has 2 aliphatic rings. The molecule has 0 aromatic rings. The van der Waals surface area contributed by atoms with Crippen LogP contribution in [0.25, 0.3) is 0 Å². The fraction of sp³-hybridized carbons (Fsp3) is 0.667. The lowest BCUT2D eigenvalue weighted by Crippen LogP contribution is -2.39. The Morgan fingerprint density at radius 2 is 1.94 bits per heavy atom. The van der Waals surface area contributed by atoms with Gasteiger partial charge in [-0.25, -0.2) is 4.79 Å². The van der Waals surface area contributed by atoms with Crippen LogP contribution in [0.5, 0.6) is 0 Å². The van der Waals surface area contributed by atoms with E-state index in [0.717, 1.165) is 13.0 Å². The molecule has 2 rings (SSSR count). The van der Waals surface area contributed by atoms with E-state index in [-0.39, 0.29) is 18.9 Å². The Hall–Kier alpha value is -1.00. The highest BCUT2D eigenvalue weighted by Crippen LogP contribution is 2.23. The number of carbonyl (C=O) groups is 3. The highest BCUT2D eigenvalue weighted by atomic mass is 31.0. The summed E-state index contributed by atoms with van der Waals surface area (Å²) in [5.74, 6) is -1.41. The second kappa shape index (κ2) is 4.47. The van der Waals surface area contributed by atoms with Crippen LogP contribution in [0.4, 0.5) is 0 Å². The average Bonchev–Trinajstić information content (AvgIpc) is 2.79. The first-order chi connectivity index (χ1) is 7.59. The fourth-order valence-corrected chi connectivity index (χ4v) is 2.30. The Kier molecular flexibility index (Phi) is 3.21. The normalized spacial score (nSPS) is 26.6. The van der Waals surface area contributed by atoms with Crippen LogP contribution in [0, 0.1) is 0 Å². The van der Waals surface area contributed by atoms with E-state index in [1.807, 2.05) is 0 Å². The van der Waals surface area contributed by atoms with E-state index in [9.17, 15) is 14.4 Å². The monoisotopic (exact) mass is 244 g/mol. The standard InChI is InChI=1S/C9H13N2O4P/c12-7-3-4-8(13)11(7)15-9(14)6-2-1-5-10(6)16/h6H,1-5,16H2/t6-/m0/s1. The third-order valence-electron chi connectivity index (χ3n) is 2.75. The van der Waals surface area contributed by atoms with Gasteiger partial charge in [0.05, 0.1) is 0 Å². The Labute approximate surface area is 95.1 Å². The Bertz CT molecular complexity index is 330. The summed E-state index contributed by atoms with van der Waals surface area (Å²) in [5.41, 5.74) is 0. The maximum atomic E-state index is 11.7. The molecule has 88 valence electrons. The zero-order chi connectivity index (χ0) is 11.7. The molecule has 2 fully saturated rings. The molecule has 0 spiro atoms. The van der Waals surface area contributed by atoms with Crippen molar-refractivity contribution in [2.24, 2.45) is 0 Å². The van der Waals surface area contributed by atoms with Gasteiger partial charge in [0.25, 0.3) is 11.8 Å². The lowest BCUT2D eigenvalue weighted by molar-refractivity contribution is -0.199. The molecule has 0 radical (unpaired) electrons. The van der Waals surface area contributed by atoms with E-state index in [1.54, 1.807) is 4.67 Å². The van der Waals surface area contributed by atoms with Crippen LogP contribution in [0.1, 0.15) is 25.7 Å². The fourth-order valence-electron chi connectivity index (χ4n) is 1.85. The maximum Gasteiger partial charge on any atom is 0.350 e. The van der Waals surface area contributed by atoms with Gasteiger partial charge in [0, 0.05) is 19.4 Å². The predicted octanol–water partition coefficient (Wildman–Crippen LogP) is -0.152. The molecule has 0 aliphatic carbocycles. The summed E-state index contributed by atoms with van der Waals surface area (Å²) < 4.78 is 1.79. The highest BCUT2D eigenvalue weighted by molar-refractivity contribution is 7.13. The number of hydroxylamine groups is 2. The molecule has 1 unspecified atom stereocenters. The molecule has 16 heavy (non-hydrogen) atoms. The largest absolute Gasteiger partial charge is 0.350 e. The van der Waals surface area contributed by atoms with Crippen molar-refractivity contribution in [1.82, 2.24) is 9.73 Å². The molecule has 0 saturated carbocycles. The van der Waals surface area contributed by atoms with Crippen LogP contribution in [0.2, 0.25) is 0 Å². The van der Waals surface area contributed by atoms with Crippen molar-refractivity contribution in [1.29, 1.82) is 0 Å². The first-order valence-corrected chi connectivity index (χ1v) is 5.70. The third-order valence-corrected chi connectivity index (χ3v) is 3.37. The summed E-state index contributed by atoms with van der Waals surface area (Å²) in [4.78, 5) is 39.0. The number of amides is 2. The molecule has 0 bridgehead atoms. The highest BCUT2D eigenvalue weighted by Gasteiger charge is 2.37. The number of hydrogen-bond acceptors (Lipinski definition) is 5. The van der Waals surface area contributed by atoms with Gasteiger partial charge in [-0.1, -0.05) is 9.39 Å². The minimum Gasteiger partial charge on any atom is -0.329 e. The van der Waals surface area contributed by atoms with Crippen molar-refractivity contribution < 1.29 is 19.2 Å². The number of carbonyl (C=O) groups excluding carboxylic acids is 3. The van der Waals surface area contributed by atoms with Gasteiger partial charge in [0.1, 0.15) is 6.04 Å². The summed E-state index contributed by atoms with van der Waals surface area (Å²) in [6, 6.07) is -0.369. The summed E-state index contributed by atoms with van der Waals surface area (Å²) in [6.45, 7) is 0.798. The van der Waals surface area contributed by atoms with Crippen molar-refractivity contribution in [2.45, 2.75) is 31.7 Å². The van der Waals surface area contributed by atoms with Gasteiger partial charge in [-0.3, -0.25) is 14.3 Å². The van der Waals surface area contributed by atoms with Gasteiger partial charge < -0.3 is 4.84 Å². The molecule has 0 N–H and O–H groups in total. The minimum absolute atomic E-state index is 0.126. The van der Waals surface area contributed by atoms with Crippen molar-refractivity contribution >= 4 is 27.2 Å². The van der Waals surface area contributed by atoms with Crippen LogP contribution >= 0.6 is 9.39 Å². The van der Waals surface area contributed by atoms with Crippen LogP contribution in [0.3, 0.4) is 0 Å². The van der Waals surface area contributed by atoms with E-state index < -0.39 is 17.8 Å². The minimum atomic E-state index is -0.531. The van der Waals surface area contributed by atoms with E-state index in [2.05, 4.69) is 9.39 Å². The number of rotatable bonds is 2. The molecule has 0 aromatic heterocycles. The average molecular weight is 244 g/mol. The molecule has 2 heterocycles. The summed E-state index contributed by atoms with van der Waals surface area (Å²) >= 11 is 0. The van der Waals surface area contributed by atoms with Crippen LogP contribution in [-0.4, -0.2) is 40.1 Å². The number of imide groups is 1.